The van der Waals surface area contributed by atoms with Gasteiger partial charge in [-0.05, 0) is 6.16 Å². The van der Waals surface area contributed by atoms with E-state index in [1.54, 1.807) is 0 Å². The summed E-state index contributed by atoms with van der Waals surface area (Å²) in [6, 6.07) is -0.953. The third-order valence-corrected chi connectivity index (χ3v) is 2.58. The largest absolute Gasteiger partial charge is 0.400 e. The third kappa shape index (κ3) is 4.28. The Balaban J connectivity index is 0.00000137. The van der Waals surface area contributed by atoms with Gasteiger partial charge in [0.2, 0.25) is 0 Å². The molecule has 0 aliphatic carbocycles. The maximum atomic E-state index is 13.5. The minimum atomic E-state index is -3.18. The number of ether oxygens (including phenoxy) is 1. The van der Waals surface area contributed by atoms with Crippen LogP contribution in [0.1, 0.15) is 6.42 Å². The van der Waals surface area contributed by atoms with Gasteiger partial charge in [-0.1, -0.05) is 0 Å². The summed E-state index contributed by atoms with van der Waals surface area (Å²) in [6.07, 6.45) is -2.81. The van der Waals surface area contributed by atoms with E-state index >= 15 is 0 Å². The quantitative estimate of drug-likeness (QED) is 0.613. The van der Waals surface area contributed by atoms with Crippen LogP contribution in [0.15, 0.2) is 0 Å². The molecule has 108 valence electrons. The smallest absolute Gasteiger partial charge is 0.317 e. The number of nitrogens with two attached hydrogens (primary N) is 1. The van der Waals surface area contributed by atoms with Crippen molar-refractivity contribution in [3.05, 3.63) is 0 Å². The van der Waals surface area contributed by atoms with Gasteiger partial charge in [0.25, 0.3) is 5.92 Å². The maximum Gasteiger partial charge on any atom is 0.317 e. The van der Waals surface area contributed by atoms with Crippen LogP contribution < -0.4 is 5.73 Å². The zero-order valence-corrected chi connectivity index (χ0v) is 11.2. The second-order valence-corrected chi connectivity index (χ2v) is 4.16. The second kappa shape index (κ2) is 7.78. The lowest BCUT2D eigenvalue weighted by Gasteiger charge is -2.29. The molecule has 1 heterocycles. The van der Waals surface area contributed by atoms with Gasteiger partial charge >= 0.3 is 6.03 Å². The van der Waals surface area contributed by atoms with Crippen LogP contribution in [0.2, 0.25) is 0 Å². The molecule has 1 unspecified atom stereocenters. The Morgan fingerprint density at radius 2 is 2.17 bits per heavy atom. The highest BCUT2D eigenvalue weighted by Gasteiger charge is 2.53. The molecule has 0 aromatic heterocycles. The van der Waals surface area contributed by atoms with Crippen LogP contribution in [0, 0.1) is 0 Å². The van der Waals surface area contributed by atoms with Gasteiger partial charge < -0.3 is 20.7 Å². The van der Waals surface area contributed by atoms with E-state index in [1.807, 2.05) is 0 Å². The monoisotopic (exact) mass is 288 g/mol. The summed E-state index contributed by atoms with van der Waals surface area (Å²) in [4.78, 5) is 11.8. The molecule has 0 spiro atoms. The third-order valence-electron chi connectivity index (χ3n) is 2.32. The number of nitrogens with zero attached hydrogens (tertiary/aromatic N) is 1. The molecule has 9 heteroatoms. The molecule has 0 saturated carbocycles. The first-order chi connectivity index (χ1) is 8.42. The van der Waals surface area contributed by atoms with E-state index in [2.05, 4.69) is 9.24 Å². The Kier molecular flexibility index (Phi) is 7.54. The minimum Gasteiger partial charge on any atom is -0.400 e. The maximum absolute atomic E-state index is 13.5. The highest BCUT2D eigenvalue weighted by atomic mass is 31.0. The van der Waals surface area contributed by atoms with Crippen molar-refractivity contribution in [1.82, 2.24) is 4.90 Å². The molecule has 18 heavy (non-hydrogen) atoms. The standard InChI is InChI=1S/C8H15F2N2O3P.CH4O/c9-8(10)3-5(4-13)15-6(8)12(1-2-16)7(11)14;1-2/h5-6,13H,1-4,16H2,(H2,11,14);2H,1H3/t5-,6+;/m0./s1. The first-order valence-corrected chi connectivity index (χ1v) is 6.09. The Morgan fingerprint density at radius 3 is 2.50 bits per heavy atom. The van der Waals surface area contributed by atoms with Gasteiger partial charge in [0.15, 0.2) is 6.23 Å². The summed E-state index contributed by atoms with van der Waals surface area (Å²) in [7, 11) is 3.32. The number of alkyl halides is 2. The number of hydrogen-bond acceptors (Lipinski definition) is 4. The van der Waals surface area contributed by atoms with Crippen LogP contribution in [-0.2, 0) is 4.74 Å². The average Bonchev–Trinajstić information content (AvgIpc) is 2.63. The van der Waals surface area contributed by atoms with E-state index in [0.717, 1.165) is 12.0 Å². The lowest BCUT2D eigenvalue weighted by atomic mass is 10.2. The molecule has 2 amide bonds. The van der Waals surface area contributed by atoms with E-state index in [0.29, 0.717) is 6.16 Å². The molecule has 1 saturated heterocycles. The Labute approximate surface area is 106 Å². The number of aliphatic hydroxyl groups is 2. The molecule has 0 bridgehead atoms. The molecule has 1 fully saturated rings. The number of urea groups is 1. The second-order valence-electron chi connectivity index (χ2n) is 3.58. The van der Waals surface area contributed by atoms with Crippen molar-refractivity contribution >= 4 is 15.3 Å². The van der Waals surface area contributed by atoms with Crippen LogP contribution in [0.3, 0.4) is 0 Å². The van der Waals surface area contributed by atoms with Crippen molar-refractivity contribution in [2.24, 2.45) is 5.73 Å². The van der Waals surface area contributed by atoms with Crippen molar-refractivity contribution < 1.29 is 28.5 Å². The fraction of sp³-hybridized carbons (Fsp3) is 0.889. The predicted octanol–water partition coefficient (Wildman–Crippen LogP) is -0.407. The zero-order chi connectivity index (χ0) is 14.3. The fourth-order valence-electron chi connectivity index (χ4n) is 1.63. The Morgan fingerprint density at radius 1 is 1.61 bits per heavy atom. The fourth-order valence-corrected chi connectivity index (χ4v) is 1.90. The molecule has 0 aromatic carbocycles. The van der Waals surface area contributed by atoms with E-state index < -0.39 is 37.3 Å². The first kappa shape index (κ1) is 17.4. The number of aliphatic hydroxyl groups excluding tert-OH is 2. The minimum absolute atomic E-state index is 0.0679. The summed E-state index contributed by atoms with van der Waals surface area (Å²) in [5, 5.41) is 15.8. The average molecular weight is 288 g/mol. The topological polar surface area (TPSA) is 96.0 Å². The predicted molar refractivity (Wildman–Crippen MR) is 64.3 cm³/mol. The van der Waals surface area contributed by atoms with E-state index in [-0.39, 0.29) is 6.54 Å². The number of rotatable bonds is 4. The van der Waals surface area contributed by atoms with Crippen molar-refractivity contribution in [1.29, 1.82) is 0 Å². The molecule has 1 rings (SSSR count). The van der Waals surface area contributed by atoms with Gasteiger partial charge in [-0.25, -0.2) is 13.6 Å². The Hall–Kier alpha value is -0.560. The molecule has 0 radical (unpaired) electrons. The van der Waals surface area contributed by atoms with Gasteiger partial charge in [-0.15, -0.1) is 9.24 Å². The molecule has 1 aliphatic heterocycles. The van der Waals surface area contributed by atoms with Gasteiger partial charge in [-0.2, -0.15) is 0 Å². The normalized spacial score (nSPS) is 25.2. The van der Waals surface area contributed by atoms with Gasteiger partial charge in [0.05, 0.1) is 12.7 Å². The van der Waals surface area contributed by atoms with Crippen LogP contribution >= 0.6 is 9.24 Å². The number of primary amides is 1. The molecule has 4 N–H and O–H groups in total. The van der Waals surface area contributed by atoms with Crippen molar-refractivity contribution in [3.63, 3.8) is 0 Å². The number of carbonyl (C=O) groups is 1. The summed E-state index contributed by atoms with van der Waals surface area (Å²) < 4.78 is 31.9. The number of carbonyl (C=O) groups excluding carboxylic acids is 1. The van der Waals surface area contributed by atoms with E-state index in [1.165, 1.54) is 0 Å². The zero-order valence-electron chi connectivity index (χ0n) is 10.1. The molecular formula is C9H19F2N2O4P. The molecule has 3 atom stereocenters. The van der Waals surface area contributed by atoms with Crippen molar-refractivity contribution in [3.8, 4) is 0 Å². The summed E-state index contributed by atoms with van der Waals surface area (Å²) in [5.41, 5.74) is 5.01. The van der Waals surface area contributed by atoms with Crippen LogP contribution in [-0.4, -0.2) is 65.8 Å². The number of hydrogen-bond donors (Lipinski definition) is 3. The highest BCUT2D eigenvalue weighted by Crippen LogP contribution is 2.37. The molecular weight excluding hydrogens is 269 g/mol. The van der Waals surface area contributed by atoms with E-state index in [9.17, 15) is 13.6 Å². The Bertz CT molecular complexity index is 271. The van der Waals surface area contributed by atoms with Crippen molar-refractivity contribution in [2.45, 2.75) is 24.7 Å². The summed E-state index contributed by atoms with van der Waals surface area (Å²) in [6.45, 7) is -0.433. The van der Waals surface area contributed by atoms with Crippen molar-refractivity contribution in [2.75, 3.05) is 26.4 Å². The van der Waals surface area contributed by atoms with Gasteiger partial charge in [0, 0.05) is 20.1 Å². The van der Waals surface area contributed by atoms with Crippen LogP contribution in [0.4, 0.5) is 13.6 Å². The van der Waals surface area contributed by atoms with Crippen LogP contribution in [0.25, 0.3) is 0 Å². The molecule has 1 aliphatic rings. The van der Waals surface area contributed by atoms with Crippen LogP contribution in [0.5, 0.6) is 0 Å². The highest BCUT2D eigenvalue weighted by molar-refractivity contribution is 7.16. The lowest BCUT2D eigenvalue weighted by Crippen LogP contribution is -2.51. The summed E-state index contributed by atoms with van der Waals surface area (Å²) >= 11 is 0. The SMILES string of the molecule is CO.NC(=O)N(CCP)[C@@H]1O[C@H](CO)CC1(F)F. The molecule has 6 nitrogen and oxygen atoms in total. The number of amides is 2. The van der Waals surface area contributed by atoms with E-state index in [4.69, 9.17) is 20.7 Å². The van der Waals surface area contributed by atoms with Gasteiger partial charge in [-0.3, -0.25) is 4.90 Å². The lowest BCUT2D eigenvalue weighted by molar-refractivity contribution is -0.136. The summed E-state index contributed by atoms with van der Waals surface area (Å²) in [5.74, 6) is -3.18. The first-order valence-electron chi connectivity index (χ1n) is 5.27. The van der Waals surface area contributed by atoms with Gasteiger partial charge in [0.1, 0.15) is 0 Å². The number of halogens is 2. The molecule has 0 aromatic rings.